The number of rotatable bonds is 5. The minimum absolute atomic E-state index is 0.130. The number of hydrogen-bond acceptors (Lipinski definition) is 3. The molecule has 0 atom stereocenters. The second-order valence-electron chi connectivity index (χ2n) is 3.98. The lowest BCUT2D eigenvalue weighted by Gasteiger charge is -2.06. The number of benzene rings is 1. The Labute approximate surface area is 112 Å². The summed E-state index contributed by atoms with van der Waals surface area (Å²) in [5.41, 5.74) is 1.57. The lowest BCUT2D eigenvalue weighted by atomic mass is 10.1. The Bertz CT molecular complexity index is 615. The van der Waals surface area contributed by atoms with E-state index in [2.05, 4.69) is 11.7 Å². The van der Waals surface area contributed by atoms with Crippen molar-refractivity contribution in [1.29, 1.82) is 0 Å². The van der Waals surface area contributed by atoms with Crippen LogP contribution in [0.25, 0.3) is 11.3 Å². The molecule has 0 saturated carbocycles. The summed E-state index contributed by atoms with van der Waals surface area (Å²) in [5.74, 6) is 0.825. The molecular formula is C15H16N2O2. The second kappa shape index (κ2) is 6.00. The second-order valence-corrected chi connectivity index (χ2v) is 3.98. The number of aromatic nitrogens is 2. The van der Waals surface area contributed by atoms with Crippen LogP contribution < -0.4 is 10.3 Å². The summed E-state index contributed by atoms with van der Waals surface area (Å²) in [4.78, 5) is 11.6. The summed E-state index contributed by atoms with van der Waals surface area (Å²) < 4.78 is 6.78. The highest BCUT2D eigenvalue weighted by atomic mass is 16.5. The van der Waals surface area contributed by atoms with Gasteiger partial charge in [0.2, 0.25) is 0 Å². The van der Waals surface area contributed by atoms with E-state index in [1.807, 2.05) is 31.2 Å². The van der Waals surface area contributed by atoms with Crippen molar-refractivity contribution in [2.24, 2.45) is 0 Å². The molecule has 1 heterocycles. The molecule has 0 unspecified atom stereocenters. The van der Waals surface area contributed by atoms with E-state index in [0.717, 1.165) is 17.0 Å². The molecule has 0 radical (unpaired) electrons. The molecule has 0 aliphatic heterocycles. The Morgan fingerprint density at radius 2 is 2.00 bits per heavy atom. The summed E-state index contributed by atoms with van der Waals surface area (Å²) >= 11 is 0. The maximum Gasteiger partial charge on any atom is 0.267 e. The molecule has 0 aliphatic rings. The van der Waals surface area contributed by atoms with Gasteiger partial charge in [0.25, 0.3) is 5.56 Å². The van der Waals surface area contributed by atoms with E-state index >= 15 is 0 Å². The first kappa shape index (κ1) is 13.1. The Morgan fingerprint density at radius 3 is 2.63 bits per heavy atom. The Kier molecular flexibility index (Phi) is 4.13. The van der Waals surface area contributed by atoms with Crippen LogP contribution in [0.15, 0.2) is 53.8 Å². The van der Waals surface area contributed by atoms with E-state index < -0.39 is 0 Å². The molecule has 0 bridgehead atoms. The van der Waals surface area contributed by atoms with Gasteiger partial charge in [0.15, 0.2) is 0 Å². The lowest BCUT2D eigenvalue weighted by molar-refractivity contribution is 0.340. The molecule has 2 rings (SSSR count). The quantitative estimate of drug-likeness (QED) is 0.772. The van der Waals surface area contributed by atoms with Gasteiger partial charge in [-0.1, -0.05) is 6.08 Å². The average molecular weight is 256 g/mol. The van der Waals surface area contributed by atoms with Crippen molar-refractivity contribution in [2.45, 2.75) is 13.5 Å². The van der Waals surface area contributed by atoms with Crippen LogP contribution in [0.2, 0.25) is 0 Å². The van der Waals surface area contributed by atoms with Gasteiger partial charge in [0, 0.05) is 11.6 Å². The van der Waals surface area contributed by atoms with Crippen LogP contribution in [-0.4, -0.2) is 16.4 Å². The zero-order valence-electron chi connectivity index (χ0n) is 10.9. The first-order chi connectivity index (χ1) is 9.24. The fourth-order valence-corrected chi connectivity index (χ4v) is 1.74. The fraction of sp³-hybridized carbons (Fsp3) is 0.200. The minimum atomic E-state index is -0.130. The van der Waals surface area contributed by atoms with Crippen LogP contribution in [0.5, 0.6) is 5.75 Å². The van der Waals surface area contributed by atoms with Crippen molar-refractivity contribution in [3.8, 4) is 17.0 Å². The molecule has 1 aromatic carbocycles. The van der Waals surface area contributed by atoms with E-state index in [-0.39, 0.29) is 5.56 Å². The number of nitrogens with zero attached hydrogens (tertiary/aromatic N) is 2. The standard InChI is InChI=1S/C15H16N2O2/c1-3-11-17-15(18)10-9-14(16-17)12-5-7-13(8-6-12)19-4-2/h3,5-10H,1,4,11H2,2H3. The Morgan fingerprint density at radius 1 is 1.26 bits per heavy atom. The van der Waals surface area contributed by atoms with Crippen LogP contribution in [0.4, 0.5) is 0 Å². The van der Waals surface area contributed by atoms with Crippen LogP contribution in [0.1, 0.15) is 6.92 Å². The highest BCUT2D eigenvalue weighted by Gasteiger charge is 2.03. The van der Waals surface area contributed by atoms with Crippen molar-refractivity contribution < 1.29 is 4.74 Å². The van der Waals surface area contributed by atoms with Crippen molar-refractivity contribution in [3.05, 3.63) is 59.4 Å². The third-order valence-corrected chi connectivity index (χ3v) is 2.63. The van der Waals surface area contributed by atoms with Gasteiger partial charge in [-0.2, -0.15) is 5.10 Å². The van der Waals surface area contributed by atoms with Crippen molar-refractivity contribution in [2.75, 3.05) is 6.61 Å². The van der Waals surface area contributed by atoms with Crippen molar-refractivity contribution in [3.63, 3.8) is 0 Å². The highest BCUT2D eigenvalue weighted by Crippen LogP contribution is 2.19. The van der Waals surface area contributed by atoms with E-state index in [9.17, 15) is 4.79 Å². The monoisotopic (exact) mass is 256 g/mol. The zero-order chi connectivity index (χ0) is 13.7. The summed E-state index contributed by atoms with van der Waals surface area (Å²) in [5, 5.41) is 4.30. The van der Waals surface area contributed by atoms with Crippen molar-refractivity contribution in [1.82, 2.24) is 9.78 Å². The topological polar surface area (TPSA) is 44.1 Å². The minimum Gasteiger partial charge on any atom is -0.494 e. The molecule has 0 N–H and O–H groups in total. The van der Waals surface area contributed by atoms with Gasteiger partial charge in [-0.3, -0.25) is 4.79 Å². The predicted molar refractivity (Wildman–Crippen MR) is 75.3 cm³/mol. The maximum absolute atomic E-state index is 11.6. The SMILES string of the molecule is C=CCn1nc(-c2ccc(OCC)cc2)ccc1=O. The average Bonchev–Trinajstić information content (AvgIpc) is 2.43. The molecule has 1 aromatic heterocycles. The maximum atomic E-state index is 11.6. The number of hydrogen-bond donors (Lipinski definition) is 0. The third-order valence-electron chi connectivity index (χ3n) is 2.63. The number of ether oxygens (including phenoxy) is 1. The van der Waals surface area contributed by atoms with E-state index in [4.69, 9.17) is 4.74 Å². The lowest BCUT2D eigenvalue weighted by Crippen LogP contribution is -2.21. The summed E-state index contributed by atoms with van der Waals surface area (Å²) in [7, 11) is 0. The van der Waals surface area contributed by atoms with Gasteiger partial charge < -0.3 is 4.74 Å². The molecule has 0 spiro atoms. The summed E-state index contributed by atoms with van der Waals surface area (Å²) in [6, 6.07) is 10.9. The molecule has 2 aromatic rings. The normalized spacial score (nSPS) is 10.2. The van der Waals surface area contributed by atoms with Crippen LogP contribution in [-0.2, 0) is 6.54 Å². The summed E-state index contributed by atoms with van der Waals surface area (Å²) in [6.07, 6.45) is 1.65. The smallest absolute Gasteiger partial charge is 0.267 e. The molecule has 4 heteroatoms. The summed E-state index contributed by atoms with van der Waals surface area (Å²) in [6.45, 7) is 6.61. The zero-order valence-corrected chi connectivity index (χ0v) is 10.9. The molecule has 0 aliphatic carbocycles. The molecular weight excluding hydrogens is 240 g/mol. The molecule has 0 amide bonds. The predicted octanol–water partition coefficient (Wildman–Crippen LogP) is 2.50. The van der Waals surface area contributed by atoms with Gasteiger partial charge in [-0.25, -0.2) is 4.68 Å². The molecule has 19 heavy (non-hydrogen) atoms. The Hall–Kier alpha value is -2.36. The Balaban J connectivity index is 2.33. The first-order valence-electron chi connectivity index (χ1n) is 6.17. The van der Waals surface area contributed by atoms with E-state index in [0.29, 0.717) is 13.2 Å². The van der Waals surface area contributed by atoms with Gasteiger partial charge in [0.1, 0.15) is 5.75 Å². The van der Waals surface area contributed by atoms with Crippen LogP contribution >= 0.6 is 0 Å². The largest absolute Gasteiger partial charge is 0.494 e. The molecule has 0 saturated heterocycles. The van der Waals surface area contributed by atoms with Gasteiger partial charge in [-0.15, -0.1) is 6.58 Å². The van der Waals surface area contributed by atoms with Crippen molar-refractivity contribution >= 4 is 0 Å². The third kappa shape index (κ3) is 3.10. The molecule has 0 fully saturated rings. The molecule has 4 nitrogen and oxygen atoms in total. The van der Waals surface area contributed by atoms with Gasteiger partial charge in [-0.05, 0) is 37.3 Å². The first-order valence-corrected chi connectivity index (χ1v) is 6.17. The van der Waals surface area contributed by atoms with E-state index in [1.54, 1.807) is 12.1 Å². The van der Waals surface area contributed by atoms with Crippen LogP contribution in [0.3, 0.4) is 0 Å². The number of allylic oxidation sites excluding steroid dienone is 1. The van der Waals surface area contributed by atoms with Crippen LogP contribution in [0, 0.1) is 0 Å². The fourth-order valence-electron chi connectivity index (χ4n) is 1.74. The van der Waals surface area contributed by atoms with Gasteiger partial charge in [0.05, 0.1) is 18.8 Å². The highest BCUT2D eigenvalue weighted by molar-refractivity contribution is 5.59. The molecule has 98 valence electrons. The van der Waals surface area contributed by atoms with Gasteiger partial charge >= 0.3 is 0 Å². The van der Waals surface area contributed by atoms with E-state index in [1.165, 1.54) is 10.7 Å².